The van der Waals surface area contributed by atoms with Gasteiger partial charge in [0.25, 0.3) is 0 Å². The van der Waals surface area contributed by atoms with Crippen molar-refractivity contribution in [1.82, 2.24) is 4.72 Å². The molecule has 0 aliphatic rings. The quantitative estimate of drug-likeness (QED) is 0.779. The number of hydrogen-bond donors (Lipinski definition) is 2. The summed E-state index contributed by atoms with van der Waals surface area (Å²) < 4.78 is 26.6. The molecule has 0 saturated carbocycles. The summed E-state index contributed by atoms with van der Waals surface area (Å²) in [6.07, 6.45) is 0.642. The summed E-state index contributed by atoms with van der Waals surface area (Å²) in [5.41, 5.74) is 8.19. The molecule has 17 heavy (non-hydrogen) atoms. The summed E-state index contributed by atoms with van der Waals surface area (Å²) in [5.74, 6) is 0. The van der Waals surface area contributed by atoms with Crippen LogP contribution in [0.4, 0.5) is 0 Å². The minimum Gasteiger partial charge on any atom is -0.330 e. The fraction of sp³-hybridized carbons (Fsp3) is 0.500. The lowest BCUT2D eigenvalue weighted by Crippen LogP contribution is -2.27. The molecule has 0 fully saturated rings. The van der Waals surface area contributed by atoms with E-state index < -0.39 is 10.0 Å². The highest BCUT2D eigenvalue weighted by Crippen LogP contribution is 2.19. The topological polar surface area (TPSA) is 72.2 Å². The summed E-state index contributed by atoms with van der Waals surface area (Å²) in [6, 6.07) is 3.61. The van der Waals surface area contributed by atoms with Crippen LogP contribution in [-0.4, -0.2) is 21.5 Å². The first-order chi connectivity index (χ1) is 7.88. The highest BCUT2D eigenvalue weighted by atomic mass is 32.2. The molecular weight excluding hydrogens is 236 g/mol. The van der Waals surface area contributed by atoms with Crippen molar-refractivity contribution in [3.63, 3.8) is 0 Å². The number of nitrogens with one attached hydrogen (secondary N) is 1. The Balaban J connectivity index is 3.03. The zero-order chi connectivity index (χ0) is 13.1. The average molecular weight is 256 g/mol. The fourth-order valence-corrected chi connectivity index (χ4v) is 2.99. The van der Waals surface area contributed by atoms with Gasteiger partial charge in [0.2, 0.25) is 10.0 Å². The van der Waals surface area contributed by atoms with E-state index >= 15 is 0 Å². The molecule has 1 aromatic rings. The van der Waals surface area contributed by atoms with E-state index in [1.165, 1.54) is 0 Å². The number of nitrogens with two attached hydrogens (primary N) is 1. The first kappa shape index (κ1) is 14.2. The SMILES string of the molecule is Cc1cc(C)c(S(=O)(=O)NCCCN)cc1C. The highest BCUT2D eigenvalue weighted by Gasteiger charge is 2.16. The molecule has 4 nitrogen and oxygen atoms in total. The van der Waals surface area contributed by atoms with Crippen LogP contribution < -0.4 is 10.5 Å². The molecule has 0 atom stereocenters. The maximum absolute atomic E-state index is 12.0. The predicted octanol–water partition coefficient (Wildman–Crippen LogP) is 1.24. The van der Waals surface area contributed by atoms with Crippen LogP contribution in [0.15, 0.2) is 17.0 Å². The monoisotopic (exact) mass is 256 g/mol. The molecule has 0 bridgehead atoms. The van der Waals surface area contributed by atoms with Crippen LogP contribution in [0, 0.1) is 20.8 Å². The van der Waals surface area contributed by atoms with Crippen molar-refractivity contribution in [3.05, 3.63) is 28.8 Å². The van der Waals surface area contributed by atoms with Crippen LogP contribution in [-0.2, 0) is 10.0 Å². The number of sulfonamides is 1. The van der Waals surface area contributed by atoms with Crippen LogP contribution in [0.1, 0.15) is 23.1 Å². The molecule has 5 heteroatoms. The van der Waals surface area contributed by atoms with Gasteiger partial charge >= 0.3 is 0 Å². The molecule has 0 amide bonds. The van der Waals surface area contributed by atoms with Crippen molar-refractivity contribution in [2.24, 2.45) is 5.73 Å². The van der Waals surface area contributed by atoms with Gasteiger partial charge < -0.3 is 5.73 Å². The van der Waals surface area contributed by atoms with E-state index in [0.29, 0.717) is 24.4 Å². The average Bonchev–Trinajstić information content (AvgIpc) is 2.23. The smallest absolute Gasteiger partial charge is 0.240 e. The maximum atomic E-state index is 12.0. The molecular formula is C12H20N2O2S. The van der Waals surface area contributed by atoms with Gasteiger partial charge in [-0.25, -0.2) is 13.1 Å². The van der Waals surface area contributed by atoms with Gasteiger partial charge in [-0.1, -0.05) is 6.07 Å². The first-order valence-corrected chi connectivity index (χ1v) is 7.14. The van der Waals surface area contributed by atoms with Gasteiger partial charge in [-0.05, 0) is 56.5 Å². The summed E-state index contributed by atoms with van der Waals surface area (Å²) in [7, 11) is -3.41. The second kappa shape index (κ2) is 5.62. The summed E-state index contributed by atoms with van der Waals surface area (Å²) >= 11 is 0. The highest BCUT2D eigenvalue weighted by molar-refractivity contribution is 7.89. The number of hydrogen-bond acceptors (Lipinski definition) is 3. The van der Waals surface area contributed by atoms with Gasteiger partial charge in [-0.15, -0.1) is 0 Å². The zero-order valence-corrected chi connectivity index (χ0v) is 11.4. The standard InChI is InChI=1S/C12H20N2O2S/c1-9-7-11(3)12(8-10(9)2)17(15,16)14-6-4-5-13/h7-8,14H,4-6,13H2,1-3H3. The Morgan fingerprint density at radius 2 is 1.71 bits per heavy atom. The van der Waals surface area contributed by atoms with Crippen LogP contribution in [0.25, 0.3) is 0 Å². The van der Waals surface area contributed by atoms with Crippen LogP contribution >= 0.6 is 0 Å². The van der Waals surface area contributed by atoms with E-state index in [1.807, 2.05) is 26.8 Å². The molecule has 1 rings (SSSR count). The minimum absolute atomic E-state index is 0.359. The molecule has 0 aromatic heterocycles. The largest absolute Gasteiger partial charge is 0.330 e. The van der Waals surface area contributed by atoms with Crippen LogP contribution in [0.2, 0.25) is 0 Å². The van der Waals surface area contributed by atoms with E-state index in [9.17, 15) is 8.42 Å². The molecule has 0 aliphatic carbocycles. The molecule has 1 aromatic carbocycles. The Morgan fingerprint density at radius 3 is 2.29 bits per heavy atom. The molecule has 0 heterocycles. The van der Waals surface area contributed by atoms with Crippen molar-refractivity contribution in [2.75, 3.05) is 13.1 Å². The Morgan fingerprint density at radius 1 is 1.12 bits per heavy atom. The van der Waals surface area contributed by atoms with Gasteiger partial charge in [-0.2, -0.15) is 0 Å². The van der Waals surface area contributed by atoms with E-state index in [1.54, 1.807) is 6.07 Å². The summed E-state index contributed by atoms with van der Waals surface area (Å²) in [6.45, 7) is 6.55. The number of rotatable bonds is 5. The van der Waals surface area contributed by atoms with Crippen molar-refractivity contribution in [3.8, 4) is 0 Å². The number of benzene rings is 1. The maximum Gasteiger partial charge on any atom is 0.240 e. The van der Waals surface area contributed by atoms with Crippen molar-refractivity contribution in [1.29, 1.82) is 0 Å². The van der Waals surface area contributed by atoms with Gasteiger partial charge in [0, 0.05) is 6.54 Å². The van der Waals surface area contributed by atoms with Gasteiger partial charge in [0.1, 0.15) is 0 Å². The van der Waals surface area contributed by atoms with Gasteiger partial charge in [0.15, 0.2) is 0 Å². The third kappa shape index (κ3) is 3.52. The lowest BCUT2D eigenvalue weighted by Gasteiger charge is -2.11. The van der Waals surface area contributed by atoms with E-state index in [4.69, 9.17) is 5.73 Å². The van der Waals surface area contributed by atoms with Gasteiger partial charge in [0.05, 0.1) is 4.90 Å². The van der Waals surface area contributed by atoms with Crippen molar-refractivity contribution < 1.29 is 8.42 Å². The van der Waals surface area contributed by atoms with Crippen LogP contribution in [0.5, 0.6) is 0 Å². The van der Waals surface area contributed by atoms with E-state index in [0.717, 1.165) is 16.7 Å². The Hall–Kier alpha value is -0.910. The molecule has 0 radical (unpaired) electrons. The lowest BCUT2D eigenvalue weighted by molar-refractivity contribution is 0.579. The molecule has 3 N–H and O–H groups in total. The zero-order valence-electron chi connectivity index (χ0n) is 10.6. The summed E-state index contributed by atoms with van der Waals surface area (Å²) in [4.78, 5) is 0.359. The second-order valence-electron chi connectivity index (χ2n) is 4.24. The third-order valence-corrected chi connectivity index (χ3v) is 4.36. The second-order valence-corrected chi connectivity index (χ2v) is 5.98. The Bertz CT molecular complexity index is 495. The minimum atomic E-state index is -3.41. The van der Waals surface area contributed by atoms with Gasteiger partial charge in [-0.3, -0.25) is 0 Å². The molecule has 96 valence electrons. The van der Waals surface area contributed by atoms with Crippen molar-refractivity contribution >= 4 is 10.0 Å². The predicted molar refractivity (Wildman–Crippen MR) is 69.5 cm³/mol. The third-order valence-electron chi connectivity index (χ3n) is 2.75. The van der Waals surface area contributed by atoms with Crippen molar-refractivity contribution in [2.45, 2.75) is 32.1 Å². The Labute approximate surface area is 103 Å². The molecule has 0 saturated heterocycles. The Kier molecular flexibility index (Phi) is 4.68. The fourth-order valence-electron chi connectivity index (χ4n) is 1.61. The normalized spacial score (nSPS) is 11.8. The van der Waals surface area contributed by atoms with E-state index in [2.05, 4.69) is 4.72 Å². The first-order valence-electron chi connectivity index (χ1n) is 5.66. The number of aryl methyl sites for hydroxylation is 3. The van der Waals surface area contributed by atoms with E-state index in [-0.39, 0.29) is 0 Å². The molecule has 0 aliphatic heterocycles. The lowest BCUT2D eigenvalue weighted by atomic mass is 10.1. The molecule has 0 spiro atoms. The summed E-state index contributed by atoms with van der Waals surface area (Å²) in [5, 5.41) is 0. The molecule has 0 unspecified atom stereocenters. The van der Waals surface area contributed by atoms with Crippen LogP contribution in [0.3, 0.4) is 0 Å².